The van der Waals surface area contributed by atoms with Crippen molar-refractivity contribution in [1.29, 1.82) is 0 Å². The van der Waals surface area contributed by atoms with Crippen LogP contribution in [0.4, 0.5) is 0 Å². The number of tetrazole rings is 1. The zero-order chi connectivity index (χ0) is 7.23. The Morgan fingerprint density at radius 1 is 1.60 bits per heavy atom. The molecule has 1 aromatic heterocycles. The summed E-state index contributed by atoms with van der Waals surface area (Å²) in [5, 5.41) is 10.6. The van der Waals surface area contributed by atoms with Crippen LogP contribution in [-0.2, 0) is 11.4 Å². The van der Waals surface area contributed by atoms with E-state index in [1.807, 2.05) is 0 Å². The Bertz CT molecular complexity index is 162. The molecule has 0 spiro atoms. The van der Waals surface area contributed by atoms with E-state index in [9.17, 15) is 0 Å². The van der Waals surface area contributed by atoms with Gasteiger partial charge in [-0.15, -0.1) is 5.10 Å². The number of hydrogen-bond acceptors (Lipinski definition) is 5. The molecule has 56 valence electrons. The van der Waals surface area contributed by atoms with Crippen molar-refractivity contribution < 1.29 is 4.84 Å². The highest BCUT2D eigenvalue weighted by Crippen LogP contribution is 1.83. The lowest BCUT2D eigenvalue weighted by molar-refractivity contribution is 0.131. The van der Waals surface area contributed by atoms with Gasteiger partial charge in [-0.25, -0.2) is 10.6 Å². The molecule has 0 bridgehead atoms. The number of aryl methyl sites for hydroxylation is 1. The number of hydrogen-bond donors (Lipinski definition) is 1. The van der Waals surface area contributed by atoms with Crippen LogP contribution in [-0.4, -0.2) is 26.8 Å². The SMILES string of the molecule is NOCCCn1cnnn1. The first-order valence-electron chi connectivity index (χ1n) is 2.96. The Morgan fingerprint density at radius 3 is 3.10 bits per heavy atom. The molecule has 0 saturated carbocycles. The minimum atomic E-state index is 0.528. The minimum absolute atomic E-state index is 0.528. The quantitative estimate of drug-likeness (QED) is 0.430. The van der Waals surface area contributed by atoms with Gasteiger partial charge in [-0.1, -0.05) is 0 Å². The number of nitrogens with zero attached hydrogens (tertiary/aromatic N) is 4. The minimum Gasteiger partial charge on any atom is -0.305 e. The van der Waals surface area contributed by atoms with Crippen LogP contribution in [0.2, 0.25) is 0 Å². The molecular formula is C4H9N5O. The molecule has 0 radical (unpaired) electrons. The van der Waals surface area contributed by atoms with Gasteiger partial charge in [-0.05, 0) is 16.8 Å². The van der Waals surface area contributed by atoms with Crippen LogP contribution in [0.3, 0.4) is 0 Å². The van der Waals surface area contributed by atoms with E-state index in [1.54, 1.807) is 11.0 Å². The number of rotatable bonds is 4. The fraction of sp³-hybridized carbons (Fsp3) is 0.750. The maximum absolute atomic E-state index is 4.81. The van der Waals surface area contributed by atoms with Gasteiger partial charge < -0.3 is 4.84 Å². The molecular weight excluding hydrogens is 134 g/mol. The third kappa shape index (κ3) is 2.08. The highest BCUT2D eigenvalue weighted by atomic mass is 16.6. The molecule has 0 unspecified atom stereocenters. The maximum atomic E-state index is 4.81. The Hall–Kier alpha value is -1.01. The van der Waals surface area contributed by atoms with E-state index in [0.29, 0.717) is 6.61 Å². The molecule has 1 rings (SSSR count). The second-order valence-corrected chi connectivity index (χ2v) is 1.80. The summed E-state index contributed by atoms with van der Waals surface area (Å²) in [5.41, 5.74) is 0. The molecule has 1 aromatic rings. The van der Waals surface area contributed by atoms with Crippen LogP contribution in [0.15, 0.2) is 6.33 Å². The van der Waals surface area contributed by atoms with Crippen LogP contribution in [0, 0.1) is 0 Å². The molecule has 0 aliphatic heterocycles. The zero-order valence-corrected chi connectivity index (χ0v) is 5.47. The van der Waals surface area contributed by atoms with Crippen LogP contribution in [0.25, 0.3) is 0 Å². The van der Waals surface area contributed by atoms with Crippen molar-refractivity contribution in [2.75, 3.05) is 6.61 Å². The maximum Gasteiger partial charge on any atom is 0.138 e. The number of nitrogens with two attached hydrogens (primary N) is 1. The van der Waals surface area contributed by atoms with Crippen molar-refractivity contribution in [3.8, 4) is 0 Å². The van der Waals surface area contributed by atoms with Gasteiger partial charge in [0.25, 0.3) is 0 Å². The Kier molecular flexibility index (Phi) is 2.78. The molecule has 0 atom stereocenters. The molecule has 10 heavy (non-hydrogen) atoms. The summed E-state index contributed by atoms with van der Waals surface area (Å²) in [5.74, 6) is 4.81. The van der Waals surface area contributed by atoms with Crippen molar-refractivity contribution in [2.24, 2.45) is 5.90 Å². The predicted octanol–water partition coefficient (Wildman–Crippen LogP) is -1.05. The summed E-state index contributed by atoms with van der Waals surface area (Å²) in [7, 11) is 0. The van der Waals surface area contributed by atoms with Crippen molar-refractivity contribution >= 4 is 0 Å². The lowest BCUT2D eigenvalue weighted by Gasteiger charge is -1.96. The molecule has 0 fully saturated rings. The first kappa shape index (κ1) is 7.10. The summed E-state index contributed by atoms with van der Waals surface area (Å²) in [4.78, 5) is 4.36. The molecule has 0 saturated heterocycles. The van der Waals surface area contributed by atoms with E-state index >= 15 is 0 Å². The van der Waals surface area contributed by atoms with E-state index in [0.717, 1.165) is 13.0 Å². The van der Waals surface area contributed by atoms with Crippen LogP contribution in [0.1, 0.15) is 6.42 Å². The Balaban J connectivity index is 2.15. The van der Waals surface area contributed by atoms with E-state index in [-0.39, 0.29) is 0 Å². The van der Waals surface area contributed by atoms with E-state index in [4.69, 9.17) is 5.90 Å². The molecule has 0 aromatic carbocycles. The van der Waals surface area contributed by atoms with Gasteiger partial charge in [-0.2, -0.15) is 0 Å². The van der Waals surface area contributed by atoms with Gasteiger partial charge in [0.2, 0.25) is 0 Å². The lowest BCUT2D eigenvalue weighted by Crippen LogP contribution is -2.06. The third-order valence-corrected chi connectivity index (χ3v) is 1.04. The zero-order valence-electron chi connectivity index (χ0n) is 5.47. The van der Waals surface area contributed by atoms with E-state index in [2.05, 4.69) is 20.4 Å². The van der Waals surface area contributed by atoms with E-state index < -0.39 is 0 Å². The molecule has 0 aliphatic rings. The summed E-state index contributed by atoms with van der Waals surface area (Å²) in [6.45, 7) is 1.27. The normalized spacial score (nSPS) is 10.1. The lowest BCUT2D eigenvalue weighted by atomic mass is 10.5. The van der Waals surface area contributed by atoms with Crippen molar-refractivity contribution in [3.05, 3.63) is 6.33 Å². The van der Waals surface area contributed by atoms with E-state index in [1.165, 1.54) is 0 Å². The molecule has 0 amide bonds. The molecule has 1 heterocycles. The standard InChI is InChI=1S/C4H9N5O/c5-10-3-1-2-9-4-6-7-8-9/h4H,1-3,5H2. The number of aromatic nitrogens is 4. The van der Waals surface area contributed by atoms with Gasteiger partial charge >= 0.3 is 0 Å². The molecule has 6 nitrogen and oxygen atoms in total. The second-order valence-electron chi connectivity index (χ2n) is 1.80. The van der Waals surface area contributed by atoms with Gasteiger partial charge in [0.05, 0.1) is 6.61 Å². The van der Waals surface area contributed by atoms with Gasteiger partial charge in [0, 0.05) is 6.54 Å². The largest absolute Gasteiger partial charge is 0.305 e. The van der Waals surface area contributed by atoms with Gasteiger partial charge in [-0.3, -0.25) is 0 Å². The summed E-state index contributed by atoms with van der Waals surface area (Å²) < 4.78 is 1.62. The molecule has 2 N–H and O–H groups in total. The third-order valence-electron chi connectivity index (χ3n) is 1.04. The Morgan fingerprint density at radius 2 is 2.50 bits per heavy atom. The smallest absolute Gasteiger partial charge is 0.138 e. The van der Waals surface area contributed by atoms with Crippen LogP contribution >= 0.6 is 0 Å². The summed E-state index contributed by atoms with van der Waals surface area (Å²) >= 11 is 0. The average Bonchev–Trinajstić information content (AvgIpc) is 2.41. The van der Waals surface area contributed by atoms with Gasteiger partial charge in [0.1, 0.15) is 6.33 Å². The molecule has 0 aliphatic carbocycles. The fourth-order valence-corrected chi connectivity index (χ4v) is 0.593. The monoisotopic (exact) mass is 143 g/mol. The Labute approximate surface area is 57.9 Å². The van der Waals surface area contributed by atoms with Crippen molar-refractivity contribution in [1.82, 2.24) is 20.2 Å². The topological polar surface area (TPSA) is 78.9 Å². The fourth-order valence-electron chi connectivity index (χ4n) is 0.593. The van der Waals surface area contributed by atoms with Crippen LogP contribution < -0.4 is 5.90 Å². The molecule has 6 heteroatoms. The highest BCUT2D eigenvalue weighted by molar-refractivity contribution is 4.45. The van der Waals surface area contributed by atoms with Crippen molar-refractivity contribution in [3.63, 3.8) is 0 Å². The summed E-state index contributed by atoms with van der Waals surface area (Å²) in [6, 6.07) is 0. The average molecular weight is 143 g/mol. The van der Waals surface area contributed by atoms with Gasteiger partial charge in [0.15, 0.2) is 0 Å². The van der Waals surface area contributed by atoms with Crippen molar-refractivity contribution in [2.45, 2.75) is 13.0 Å². The highest BCUT2D eigenvalue weighted by Gasteiger charge is 1.90. The predicted molar refractivity (Wildman–Crippen MR) is 32.6 cm³/mol. The van der Waals surface area contributed by atoms with Crippen LogP contribution in [0.5, 0.6) is 0 Å². The summed E-state index contributed by atoms with van der Waals surface area (Å²) in [6.07, 6.45) is 2.37. The first-order valence-corrected chi connectivity index (χ1v) is 2.96. The second kappa shape index (κ2) is 3.91. The first-order chi connectivity index (χ1) is 4.93.